The van der Waals surface area contributed by atoms with Crippen LogP contribution >= 0.6 is 12.2 Å². The van der Waals surface area contributed by atoms with Crippen molar-refractivity contribution in [3.63, 3.8) is 0 Å². The van der Waals surface area contributed by atoms with Crippen LogP contribution in [-0.2, 0) is 4.79 Å². The third kappa shape index (κ3) is 4.86. The molecule has 0 aliphatic heterocycles. The zero-order valence-electron chi connectivity index (χ0n) is 12.6. The summed E-state index contributed by atoms with van der Waals surface area (Å²) in [6.45, 7) is 3.98. The molecule has 2 N–H and O–H groups in total. The molecule has 0 saturated carbocycles. The van der Waals surface area contributed by atoms with Gasteiger partial charge in [0.2, 0.25) is 0 Å². The summed E-state index contributed by atoms with van der Waals surface area (Å²) < 4.78 is 5.35. The Balaban J connectivity index is 1.81. The SMILES string of the molecule is Cc1ccc(NC(=S)NC(=O)COc2ccccc2)cc1C. The van der Waals surface area contributed by atoms with Crippen LogP contribution in [0, 0.1) is 13.8 Å². The molecule has 0 saturated heterocycles. The number of carbonyl (C=O) groups excluding carboxylic acids is 1. The van der Waals surface area contributed by atoms with Gasteiger partial charge >= 0.3 is 0 Å². The molecule has 0 bridgehead atoms. The van der Waals surface area contributed by atoms with Crippen LogP contribution in [0.15, 0.2) is 48.5 Å². The van der Waals surface area contributed by atoms with E-state index in [9.17, 15) is 4.79 Å². The van der Waals surface area contributed by atoms with Crippen LogP contribution in [0.5, 0.6) is 5.75 Å². The average molecular weight is 314 g/mol. The summed E-state index contributed by atoms with van der Waals surface area (Å²) in [6, 6.07) is 15.1. The summed E-state index contributed by atoms with van der Waals surface area (Å²) in [5.74, 6) is 0.343. The minimum absolute atomic E-state index is 0.0846. The fraction of sp³-hybridized carbons (Fsp3) is 0.176. The van der Waals surface area contributed by atoms with Gasteiger partial charge in [0, 0.05) is 5.69 Å². The Labute approximate surface area is 135 Å². The first-order valence-electron chi connectivity index (χ1n) is 6.90. The van der Waals surface area contributed by atoms with Crippen LogP contribution in [0.2, 0.25) is 0 Å². The second kappa shape index (κ2) is 7.56. The summed E-state index contributed by atoms with van der Waals surface area (Å²) in [6.07, 6.45) is 0. The van der Waals surface area contributed by atoms with Crippen molar-refractivity contribution in [1.82, 2.24) is 5.32 Å². The van der Waals surface area contributed by atoms with Gasteiger partial charge in [-0.1, -0.05) is 24.3 Å². The molecule has 4 nitrogen and oxygen atoms in total. The van der Waals surface area contributed by atoms with Crippen molar-refractivity contribution in [3.05, 3.63) is 59.7 Å². The van der Waals surface area contributed by atoms with Gasteiger partial charge in [-0.15, -0.1) is 0 Å². The number of hydrogen-bond acceptors (Lipinski definition) is 3. The van der Waals surface area contributed by atoms with Gasteiger partial charge in [0.25, 0.3) is 5.91 Å². The van der Waals surface area contributed by atoms with E-state index < -0.39 is 0 Å². The van der Waals surface area contributed by atoms with Crippen molar-refractivity contribution in [2.45, 2.75) is 13.8 Å². The van der Waals surface area contributed by atoms with Crippen molar-refractivity contribution in [2.75, 3.05) is 11.9 Å². The summed E-state index contributed by atoms with van der Waals surface area (Å²) in [5, 5.41) is 5.83. The molecule has 1 amide bonds. The van der Waals surface area contributed by atoms with E-state index in [0.717, 1.165) is 11.3 Å². The zero-order valence-corrected chi connectivity index (χ0v) is 13.4. The van der Waals surface area contributed by atoms with Gasteiger partial charge in [0.05, 0.1) is 0 Å². The quantitative estimate of drug-likeness (QED) is 0.851. The molecule has 0 fully saturated rings. The number of para-hydroxylation sites is 1. The van der Waals surface area contributed by atoms with E-state index in [1.165, 1.54) is 5.56 Å². The highest BCUT2D eigenvalue weighted by molar-refractivity contribution is 7.80. The molecule has 0 spiro atoms. The number of amides is 1. The Kier molecular flexibility index (Phi) is 5.49. The maximum Gasteiger partial charge on any atom is 0.264 e. The Morgan fingerprint density at radius 3 is 2.50 bits per heavy atom. The Morgan fingerprint density at radius 2 is 1.82 bits per heavy atom. The number of benzene rings is 2. The number of hydrogen-bond donors (Lipinski definition) is 2. The van der Waals surface area contributed by atoms with Crippen molar-refractivity contribution in [1.29, 1.82) is 0 Å². The molecule has 22 heavy (non-hydrogen) atoms. The molecule has 0 aliphatic carbocycles. The first kappa shape index (κ1) is 16.0. The van der Waals surface area contributed by atoms with E-state index >= 15 is 0 Å². The summed E-state index contributed by atoms with van der Waals surface area (Å²) >= 11 is 5.12. The molecule has 2 aromatic rings. The molecule has 0 aliphatic rings. The van der Waals surface area contributed by atoms with Crippen LogP contribution in [0.4, 0.5) is 5.69 Å². The molecule has 0 heterocycles. The van der Waals surface area contributed by atoms with Crippen LogP contribution in [-0.4, -0.2) is 17.6 Å². The fourth-order valence-corrected chi connectivity index (χ4v) is 2.04. The maximum atomic E-state index is 11.8. The summed E-state index contributed by atoms with van der Waals surface area (Å²) in [4.78, 5) is 11.8. The second-order valence-electron chi connectivity index (χ2n) is 4.90. The van der Waals surface area contributed by atoms with Gasteiger partial charge in [-0.3, -0.25) is 10.1 Å². The van der Waals surface area contributed by atoms with E-state index in [-0.39, 0.29) is 17.6 Å². The highest BCUT2D eigenvalue weighted by Gasteiger charge is 2.06. The normalized spacial score (nSPS) is 9.91. The van der Waals surface area contributed by atoms with Crippen molar-refractivity contribution < 1.29 is 9.53 Å². The molecule has 114 valence electrons. The number of anilines is 1. The van der Waals surface area contributed by atoms with E-state index in [2.05, 4.69) is 10.6 Å². The number of thiocarbonyl (C=S) groups is 1. The molecular weight excluding hydrogens is 296 g/mol. The fourth-order valence-electron chi connectivity index (χ4n) is 1.81. The molecule has 0 unspecified atom stereocenters. The molecule has 2 aromatic carbocycles. The van der Waals surface area contributed by atoms with Crippen molar-refractivity contribution in [3.8, 4) is 5.75 Å². The third-order valence-electron chi connectivity index (χ3n) is 3.13. The van der Waals surface area contributed by atoms with Gasteiger partial charge < -0.3 is 10.1 Å². The Morgan fingerprint density at radius 1 is 1.09 bits per heavy atom. The minimum atomic E-state index is -0.301. The van der Waals surface area contributed by atoms with E-state index in [1.54, 1.807) is 12.1 Å². The number of aryl methyl sites for hydroxylation is 2. The summed E-state index contributed by atoms with van der Waals surface area (Å²) in [7, 11) is 0. The lowest BCUT2D eigenvalue weighted by Gasteiger charge is -2.11. The van der Waals surface area contributed by atoms with Crippen molar-refractivity contribution >= 4 is 28.9 Å². The van der Waals surface area contributed by atoms with Gasteiger partial charge in [0.1, 0.15) is 5.75 Å². The Bertz CT molecular complexity index is 672. The van der Waals surface area contributed by atoms with E-state index in [4.69, 9.17) is 17.0 Å². The monoisotopic (exact) mass is 314 g/mol. The topological polar surface area (TPSA) is 50.4 Å². The molecule has 5 heteroatoms. The van der Waals surface area contributed by atoms with Crippen LogP contribution < -0.4 is 15.4 Å². The smallest absolute Gasteiger partial charge is 0.264 e. The predicted octanol–water partition coefficient (Wildman–Crippen LogP) is 3.20. The third-order valence-corrected chi connectivity index (χ3v) is 3.33. The van der Waals surface area contributed by atoms with Gasteiger partial charge in [-0.2, -0.15) is 0 Å². The molecule has 2 rings (SSSR count). The average Bonchev–Trinajstić information content (AvgIpc) is 2.50. The van der Waals surface area contributed by atoms with E-state index in [1.807, 2.05) is 50.2 Å². The van der Waals surface area contributed by atoms with E-state index in [0.29, 0.717) is 5.75 Å². The lowest BCUT2D eigenvalue weighted by atomic mass is 10.1. The van der Waals surface area contributed by atoms with Gasteiger partial charge in [0.15, 0.2) is 11.7 Å². The number of rotatable bonds is 4. The first-order chi connectivity index (χ1) is 10.5. The minimum Gasteiger partial charge on any atom is -0.484 e. The summed E-state index contributed by atoms with van der Waals surface area (Å²) in [5.41, 5.74) is 3.21. The number of nitrogens with one attached hydrogen (secondary N) is 2. The van der Waals surface area contributed by atoms with Crippen LogP contribution in [0.3, 0.4) is 0 Å². The van der Waals surface area contributed by atoms with Gasteiger partial charge in [-0.05, 0) is 61.5 Å². The lowest BCUT2D eigenvalue weighted by Crippen LogP contribution is -2.37. The standard InChI is InChI=1S/C17H18N2O2S/c1-12-8-9-14(10-13(12)2)18-17(22)19-16(20)11-21-15-6-4-3-5-7-15/h3-10H,11H2,1-2H3,(H2,18,19,20,22). The number of carbonyl (C=O) groups is 1. The second-order valence-corrected chi connectivity index (χ2v) is 5.31. The van der Waals surface area contributed by atoms with Crippen molar-refractivity contribution in [2.24, 2.45) is 0 Å². The molecule has 0 radical (unpaired) electrons. The molecule has 0 atom stereocenters. The molecular formula is C17H18N2O2S. The Hall–Kier alpha value is -2.40. The number of ether oxygens (including phenoxy) is 1. The zero-order chi connectivity index (χ0) is 15.9. The maximum absolute atomic E-state index is 11.8. The van der Waals surface area contributed by atoms with Crippen LogP contribution in [0.1, 0.15) is 11.1 Å². The highest BCUT2D eigenvalue weighted by Crippen LogP contribution is 2.14. The first-order valence-corrected chi connectivity index (χ1v) is 7.31. The lowest BCUT2D eigenvalue weighted by molar-refractivity contribution is -0.121. The highest BCUT2D eigenvalue weighted by atomic mass is 32.1. The van der Waals surface area contributed by atoms with Gasteiger partial charge in [-0.25, -0.2) is 0 Å². The molecule has 0 aromatic heterocycles. The predicted molar refractivity (Wildman–Crippen MR) is 92.2 cm³/mol. The van der Waals surface area contributed by atoms with Crippen LogP contribution in [0.25, 0.3) is 0 Å². The largest absolute Gasteiger partial charge is 0.484 e.